The van der Waals surface area contributed by atoms with Gasteiger partial charge in [0.05, 0.1) is 13.1 Å². The van der Waals surface area contributed by atoms with Gasteiger partial charge < -0.3 is 15.5 Å². The lowest BCUT2D eigenvalue weighted by molar-refractivity contribution is -0.135. The minimum absolute atomic E-state index is 0.0139. The minimum atomic E-state index is -0.309. The first-order chi connectivity index (χ1) is 12.0. The number of hydrogen-bond donors (Lipinski definition) is 2. The molecule has 0 bridgehead atoms. The van der Waals surface area contributed by atoms with E-state index in [1.54, 1.807) is 24.3 Å². The Labute approximate surface area is 152 Å². The number of anilines is 1. The van der Waals surface area contributed by atoms with Crippen LogP contribution in [0.5, 0.6) is 0 Å². The number of benzene rings is 1. The number of rotatable bonds is 6. The van der Waals surface area contributed by atoms with Crippen molar-refractivity contribution in [2.75, 3.05) is 25.5 Å². The SMILES string of the molecule is CN(CC(=O)Nc1ccc(Cl)cc1)C(=O)CNC(=O)C1CCCCC1. The number of carbonyl (C=O) groups is 3. The van der Waals surface area contributed by atoms with Crippen LogP contribution in [0.25, 0.3) is 0 Å². The number of nitrogens with one attached hydrogen (secondary N) is 2. The average Bonchev–Trinajstić information content (AvgIpc) is 2.62. The molecule has 1 aromatic rings. The summed E-state index contributed by atoms with van der Waals surface area (Å²) in [5.74, 6) is -0.653. The lowest BCUT2D eigenvalue weighted by atomic mass is 9.89. The lowest BCUT2D eigenvalue weighted by Gasteiger charge is -2.22. The van der Waals surface area contributed by atoms with Gasteiger partial charge in [0.15, 0.2) is 0 Å². The molecule has 136 valence electrons. The fourth-order valence-electron chi connectivity index (χ4n) is 2.84. The summed E-state index contributed by atoms with van der Waals surface area (Å²) >= 11 is 5.79. The molecule has 1 aliphatic rings. The molecule has 0 aliphatic heterocycles. The minimum Gasteiger partial charge on any atom is -0.347 e. The number of likely N-dealkylation sites (N-methyl/N-ethyl adjacent to an activating group) is 1. The van der Waals surface area contributed by atoms with E-state index >= 15 is 0 Å². The number of nitrogens with zero attached hydrogens (tertiary/aromatic N) is 1. The molecule has 6 nitrogen and oxygen atoms in total. The van der Waals surface area contributed by atoms with E-state index in [4.69, 9.17) is 11.6 Å². The van der Waals surface area contributed by atoms with Gasteiger partial charge in [-0.15, -0.1) is 0 Å². The summed E-state index contributed by atoms with van der Waals surface area (Å²) in [6, 6.07) is 6.72. The van der Waals surface area contributed by atoms with E-state index in [2.05, 4.69) is 10.6 Å². The van der Waals surface area contributed by atoms with Crippen LogP contribution in [-0.4, -0.2) is 42.8 Å². The monoisotopic (exact) mass is 365 g/mol. The van der Waals surface area contributed by atoms with E-state index in [0.717, 1.165) is 25.7 Å². The van der Waals surface area contributed by atoms with Crippen LogP contribution in [0, 0.1) is 5.92 Å². The maximum absolute atomic E-state index is 12.1. The molecule has 2 rings (SSSR count). The number of amides is 3. The Balaban J connectivity index is 1.72. The highest BCUT2D eigenvalue weighted by molar-refractivity contribution is 6.30. The third-order valence-electron chi connectivity index (χ3n) is 4.32. The van der Waals surface area contributed by atoms with Gasteiger partial charge in [0.2, 0.25) is 17.7 Å². The van der Waals surface area contributed by atoms with Gasteiger partial charge in [-0.05, 0) is 37.1 Å². The molecule has 0 aromatic heterocycles. The van der Waals surface area contributed by atoms with Crippen molar-refractivity contribution in [1.29, 1.82) is 0 Å². The molecule has 7 heteroatoms. The van der Waals surface area contributed by atoms with Crippen molar-refractivity contribution >= 4 is 35.0 Å². The summed E-state index contributed by atoms with van der Waals surface area (Å²) in [7, 11) is 1.54. The maximum atomic E-state index is 12.1. The Morgan fingerprint density at radius 2 is 1.76 bits per heavy atom. The summed E-state index contributed by atoms with van der Waals surface area (Å²) < 4.78 is 0. The topological polar surface area (TPSA) is 78.5 Å². The van der Waals surface area contributed by atoms with E-state index in [1.165, 1.54) is 18.4 Å². The largest absolute Gasteiger partial charge is 0.347 e. The zero-order valence-corrected chi connectivity index (χ0v) is 15.1. The summed E-state index contributed by atoms with van der Waals surface area (Å²) in [5.41, 5.74) is 0.612. The summed E-state index contributed by atoms with van der Waals surface area (Å²) in [5, 5.41) is 5.96. The highest BCUT2D eigenvalue weighted by Gasteiger charge is 2.22. The molecule has 0 saturated heterocycles. The molecular formula is C18H24ClN3O3. The standard InChI is InChI=1S/C18H24ClN3O3/c1-22(12-16(23)21-15-9-7-14(19)8-10-15)17(24)11-20-18(25)13-5-3-2-4-6-13/h7-10,13H,2-6,11-12H2,1H3,(H,20,25)(H,21,23). The summed E-state index contributed by atoms with van der Waals surface area (Å²) in [6.07, 6.45) is 5.08. The van der Waals surface area contributed by atoms with Crippen molar-refractivity contribution in [3.63, 3.8) is 0 Å². The van der Waals surface area contributed by atoms with E-state index in [-0.39, 0.29) is 36.7 Å². The Kier molecular flexibility index (Phi) is 7.25. The van der Waals surface area contributed by atoms with Crippen LogP contribution in [-0.2, 0) is 14.4 Å². The maximum Gasteiger partial charge on any atom is 0.243 e. The van der Waals surface area contributed by atoms with Crippen LogP contribution >= 0.6 is 11.6 Å². The number of carbonyl (C=O) groups excluding carboxylic acids is 3. The van der Waals surface area contributed by atoms with Crippen LogP contribution < -0.4 is 10.6 Å². The van der Waals surface area contributed by atoms with Crippen LogP contribution in [0.4, 0.5) is 5.69 Å². The fourth-order valence-corrected chi connectivity index (χ4v) is 2.97. The highest BCUT2D eigenvalue weighted by Crippen LogP contribution is 2.23. The highest BCUT2D eigenvalue weighted by atomic mass is 35.5. The Bertz CT molecular complexity index is 612. The smallest absolute Gasteiger partial charge is 0.243 e. The first-order valence-electron chi connectivity index (χ1n) is 8.53. The van der Waals surface area contributed by atoms with Crippen LogP contribution in [0.3, 0.4) is 0 Å². The van der Waals surface area contributed by atoms with Crippen molar-refractivity contribution in [3.8, 4) is 0 Å². The van der Waals surface area contributed by atoms with Crippen LogP contribution in [0.2, 0.25) is 5.02 Å². The average molecular weight is 366 g/mol. The van der Waals surface area contributed by atoms with Crippen molar-refractivity contribution in [1.82, 2.24) is 10.2 Å². The molecule has 0 heterocycles. The third-order valence-corrected chi connectivity index (χ3v) is 4.58. The molecule has 3 amide bonds. The van der Waals surface area contributed by atoms with Gasteiger partial charge in [-0.25, -0.2) is 0 Å². The normalized spacial score (nSPS) is 14.6. The fraction of sp³-hybridized carbons (Fsp3) is 0.500. The molecule has 0 spiro atoms. The Morgan fingerprint density at radius 3 is 2.40 bits per heavy atom. The Hall–Kier alpha value is -2.08. The zero-order chi connectivity index (χ0) is 18.2. The van der Waals surface area contributed by atoms with E-state index in [9.17, 15) is 14.4 Å². The molecule has 2 N–H and O–H groups in total. The number of hydrogen-bond acceptors (Lipinski definition) is 3. The first-order valence-corrected chi connectivity index (χ1v) is 8.90. The summed E-state index contributed by atoms with van der Waals surface area (Å²) in [4.78, 5) is 37.4. The molecular weight excluding hydrogens is 342 g/mol. The van der Waals surface area contributed by atoms with Gasteiger partial charge in [0, 0.05) is 23.7 Å². The van der Waals surface area contributed by atoms with Crippen molar-refractivity contribution in [3.05, 3.63) is 29.3 Å². The molecule has 1 fully saturated rings. The molecule has 0 radical (unpaired) electrons. The van der Waals surface area contributed by atoms with Crippen molar-refractivity contribution < 1.29 is 14.4 Å². The second-order valence-electron chi connectivity index (χ2n) is 6.36. The molecule has 1 saturated carbocycles. The van der Waals surface area contributed by atoms with E-state index in [0.29, 0.717) is 10.7 Å². The second kappa shape index (κ2) is 9.42. The number of halogens is 1. The summed E-state index contributed by atoms with van der Waals surface area (Å²) in [6.45, 7) is -0.166. The molecule has 1 aromatic carbocycles. The molecule has 0 atom stereocenters. The third kappa shape index (κ3) is 6.38. The molecule has 1 aliphatic carbocycles. The first kappa shape index (κ1) is 19.2. The van der Waals surface area contributed by atoms with Crippen LogP contribution in [0.15, 0.2) is 24.3 Å². The van der Waals surface area contributed by atoms with Gasteiger partial charge in [0.1, 0.15) is 0 Å². The molecule has 0 unspecified atom stereocenters. The van der Waals surface area contributed by atoms with E-state index in [1.807, 2.05) is 0 Å². The van der Waals surface area contributed by atoms with Gasteiger partial charge in [-0.2, -0.15) is 0 Å². The van der Waals surface area contributed by atoms with Gasteiger partial charge in [-0.1, -0.05) is 30.9 Å². The van der Waals surface area contributed by atoms with Crippen molar-refractivity contribution in [2.24, 2.45) is 5.92 Å². The predicted molar refractivity (Wildman–Crippen MR) is 97.3 cm³/mol. The predicted octanol–water partition coefficient (Wildman–Crippen LogP) is 2.43. The van der Waals surface area contributed by atoms with Crippen molar-refractivity contribution in [2.45, 2.75) is 32.1 Å². The van der Waals surface area contributed by atoms with Gasteiger partial charge in [0.25, 0.3) is 0 Å². The van der Waals surface area contributed by atoms with E-state index < -0.39 is 0 Å². The van der Waals surface area contributed by atoms with Gasteiger partial charge in [-0.3, -0.25) is 14.4 Å². The second-order valence-corrected chi connectivity index (χ2v) is 6.79. The molecule has 25 heavy (non-hydrogen) atoms. The quantitative estimate of drug-likeness (QED) is 0.812. The zero-order valence-electron chi connectivity index (χ0n) is 14.4. The van der Waals surface area contributed by atoms with Crippen LogP contribution in [0.1, 0.15) is 32.1 Å². The van der Waals surface area contributed by atoms with Gasteiger partial charge >= 0.3 is 0 Å². The lowest BCUT2D eigenvalue weighted by Crippen LogP contribution is -2.43. The Morgan fingerprint density at radius 1 is 1.12 bits per heavy atom.